The zero-order valence-corrected chi connectivity index (χ0v) is 14.5. The summed E-state index contributed by atoms with van der Waals surface area (Å²) in [5, 5.41) is 0. The molecule has 0 aromatic carbocycles. The monoisotopic (exact) mass is 298 g/mol. The molecule has 0 aliphatic heterocycles. The second-order valence-electron chi connectivity index (χ2n) is 7.08. The Hall–Kier alpha value is -0.800. The molecular weight excluding hydrogens is 272 g/mol. The van der Waals surface area contributed by atoms with Gasteiger partial charge in [0, 0.05) is 22.9 Å². The Morgan fingerprint density at radius 2 is 1.75 bits per heavy atom. The van der Waals surface area contributed by atoms with E-state index >= 15 is 0 Å². The minimum Gasteiger partial charge on any atom is -0.476 e. The minimum absolute atomic E-state index is 0.0166. The third-order valence-electron chi connectivity index (χ3n) is 3.57. The van der Waals surface area contributed by atoms with Crippen LogP contribution in [0.5, 0.6) is 5.88 Å². The largest absolute Gasteiger partial charge is 0.476 e. The van der Waals surface area contributed by atoms with Gasteiger partial charge in [0.25, 0.3) is 0 Å². The van der Waals surface area contributed by atoms with Crippen LogP contribution in [0.2, 0.25) is 0 Å². The van der Waals surface area contributed by atoms with Crippen molar-refractivity contribution in [1.82, 2.24) is 9.88 Å². The standard InChI is InChI=1S/C16H27ClN2O/c1-15(2,3)13-8-12(10-17)9-14(18-13)20-11-16(4,5)19(6)7/h8-9H,10-11H2,1-7H3. The summed E-state index contributed by atoms with van der Waals surface area (Å²) < 4.78 is 5.90. The summed E-state index contributed by atoms with van der Waals surface area (Å²) in [7, 11) is 4.10. The molecule has 0 aliphatic rings. The van der Waals surface area contributed by atoms with Gasteiger partial charge in [-0.1, -0.05) is 20.8 Å². The zero-order chi connectivity index (χ0) is 15.6. The molecule has 0 amide bonds. The quantitative estimate of drug-likeness (QED) is 0.772. The van der Waals surface area contributed by atoms with Crippen molar-refractivity contribution in [3.8, 4) is 5.88 Å². The van der Waals surface area contributed by atoms with E-state index in [2.05, 4.69) is 50.6 Å². The van der Waals surface area contributed by atoms with Gasteiger partial charge in [-0.25, -0.2) is 4.98 Å². The third-order valence-corrected chi connectivity index (χ3v) is 3.88. The Morgan fingerprint density at radius 1 is 1.15 bits per heavy atom. The van der Waals surface area contributed by atoms with Crippen molar-refractivity contribution in [3.05, 3.63) is 23.4 Å². The van der Waals surface area contributed by atoms with Gasteiger partial charge >= 0.3 is 0 Å². The van der Waals surface area contributed by atoms with Crippen molar-refractivity contribution in [2.45, 2.75) is 51.5 Å². The molecule has 0 unspecified atom stereocenters. The molecule has 0 bridgehead atoms. The highest BCUT2D eigenvalue weighted by molar-refractivity contribution is 6.17. The van der Waals surface area contributed by atoms with Crippen molar-refractivity contribution in [2.75, 3.05) is 20.7 Å². The lowest BCUT2D eigenvalue weighted by Gasteiger charge is -2.32. The number of hydrogen-bond acceptors (Lipinski definition) is 3. The number of halogens is 1. The fourth-order valence-electron chi connectivity index (χ4n) is 1.47. The molecule has 114 valence electrons. The summed E-state index contributed by atoms with van der Waals surface area (Å²) in [4.78, 5) is 6.76. The average Bonchev–Trinajstić information content (AvgIpc) is 2.34. The van der Waals surface area contributed by atoms with Crippen LogP contribution < -0.4 is 4.74 Å². The van der Waals surface area contributed by atoms with E-state index in [4.69, 9.17) is 16.3 Å². The van der Waals surface area contributed by atoms with Gasteiger partial charge < -0.3 is 9.64 Å². The lowest BCUT2D eigenvalue weighted by molar-refractivity contribution is 0.111. The predicted octanol–water partition coefficient (Wildman–Crippen LogP) is 3.84. The van der Waals surface area contributed by atoms with Crippen LogP contribution in [0.4, 0.5) is 0 Å². The number of aromatic nitrogens is 1. The number of ether oxygens (including phenoxy) is 1. The summed E-state index contributed by atoms with van der Waals surface area (Å²) in [6, 6.07) is 3.98. The van der Waals surface area contributed by atoms with Crippen molar-refractivity contribution in [2.24, 2.45) is 0 Å². The molecule has 1 heterocycles. The maximum Gasteiger partial charge on any atom is 0.213 e. The molecule has 0 atom stereocenters. The van der Waals surface area contributed by atoms with Gasteiger partial charge in [-0.2, -0.15) is 0 Å². The summed E-state index contributed by atoms with van der Waals surface area (Å²) >= 11 is 5.97. The smallest absolute Gasteiger partial charge is 0.213 e. The summed E-state index contributed by atoms with van der Waals surface area (Å²) in [5.41, 5.74) is 2.00. The van der Waals surface area contributed by atoms with Crippen LogP contribution in [0.3, 0.4) is 0 Å². The Bertz CT molecular complexity index is 450. The molecule has 20 heavy (non-hydrogen) atoms. The Kier molecular flexibility index (Phi) is 5.45. The number of nitrogens with zero attached hydrogens (tertiary/aromatic N) is 2. The number of alkyl halides is 1. The van der Waals surface area contributed by atoms with Gasteiger partial charge in [-0.05, 0) is 39.6 Å². The van der Waals surface area contributed by atoms with Crippen LogP contribution in [0.1, 0.15) is 45.9 Å². The van der Waals surface area contributed by atoms with Crippen molar-refractivity contribution in [1.29, 1.82) is 0 Å². The van der Waals surface area contributed by atoms with E-state index in [1.807, 2.05) is 20.2 Å². The molecule has 0 saturated carbocycles. The second kappa shape index (κ2) is 6.31. The molecule has 4 heteroatoms. The van der Waals surface area contributed by atoms with Crippen LogP contribution >= 0.6 is 11.6 Å². The minimum atomic E-state index is -0.0411. The van der Waals surface area contributed by atoms with Crippen LogP contribution in [-0.2, 0) is 11.3 Å². The number of likely N-dealkylation sites (N-methyl/N-ethyl adjacent to an activating group) is 1. The van der Waals surface area contributed by atoms with E-state index in [-0.39, 0.29) is 11.0 Å². The highest BCUT2D eigenvalue weighted by Crippen LogP contribution is 2.25. The predicted molar refractivity (Wildman–Crippen MR) is 85.8 cm³/mol. The molecule has 0 spiro atoms. The highest BCUT2D eigenvalue weighted by Gasteiger charge is 2.23. The topological polar surface area (TPSA) is 25.4 Å². The maximum atomic E-state index is 5.97. The Morgan fingerprint density at radius 3 is 2.20 bits per heavy atom. The van der Waals surface area contributed by atoms with E-state index in [1.54, 1.807) is 0 Å². The van der Waals surface area contributed by atoms with E-state index < -0.39 is 0 Å². The van der Waals surface area contributed by atoms with Crippen molar-refractivity contribution >= 4 is 11.6 Å². The van der Waals surface area contributed by atoms with Crippen LogP contribution in [0.25, 0.3) is 0 Å². The number of pyridine rings is 1. The van der Waals surface area contributed by atoms with Crippen molar-refractivity contribution < 1.29 is 4.74 Å². The number of hydrogen-bond donors (Lipinski definition) is 0. The molecule has 0 radical (unpaired) electrons. The second-order valence-corrected chi connectivity index (χ2v) is 7.35. The van der Waals surface area contributed by atoms with E-state index in [9.17, 15) is 0 Å². The van der Waals surface area contributed by atoms with E-state index in [0.717, 1.165) is 11.3 Å². The maximum absolute atomic E-state index is 5.97. The molecule has 0 N–H and O–H groups in total. The van der Waals surface area contributed by atoms with Gasteiger partial charge in [-0.15, -0.1) is 11.6 Å². The van der Waals surface area contributed by atoms with Gasteiger partial charge in [0.15, 0.2) is 0 Å². The summed E-state index contributed by atoms with van der Waals surface area (Å²) in [5.74, 6) is 1.13. The summed E-state index contributed by atoms with van der Waals surface area (Å²) in [6.07, 6.45) is 0. The van der Waals surface area contributed by atoms with E-state index in [0.29, 0.717) is 18.4 Å². The first-order valence-corrected chi connectivity index (χ1v) is 7.47. The van der Waals surface area contributed by atoms with Crippen LogP contribution in [0.15, 0.2) is 12.1 Å². The van der Waals surface area contributed by atoms with Gasteiger partial charge in [-0.3, -0.25) is 0 Å². The molecule has 0 aliphatic carbocycles. The lowest BCUT2D eigenvalue weighted by atomic mass is 9.91. The molecule has 1 aromatic heterocycles. The molecule has 1 aromatic rings. The van der Waals surface area contributed by atoms with Gasteiger partial charge in [0.2, 0.25) is 5.88 Å². The average molecular weight is 299 g/mol. The summed E-state index contributed by atoms with van der Waals surface area (Å²) in [6.45, 7) is 11.3. The van der Waals surface area contributed by atoms with Crippen LogP contribution in [-0.4, -0.2) is 36.1 Å². The first kappa shape index (κ1) is 17.3. The normalized spacial score (nSPS) is 12.8. The molecular formula is C16H27ClN2O. The van der Waals surface area contributed by atoms with Crippen LogP contribution in [0, 0.1) is 0 Å². The zero-order valence-electron chi connectivity index (χ0n) is 13.7. The fraction of sp³-hybridized carbons (Fsp3) is 0.688. The first-order valence-electron chi connectivity index (χ1n) is 6.94. The van der Waals surface area contributed by atoms with E-state index in [1.165, 1.54) is 0 Å². The highest BCUT2D eigenvalue weighted by atomic mass is 35.5. The lowest BCUT2D eigenvalue weighted by Crippen LogP contribution is -2.43. The van der Waals surface area contributed by atoms with Gasteiger partial charge in [0.05, 0.1) is 5.69 Å². The third kappa shape index (κ3) is 4.64. The molecule has 0 fully saturated rings. The molecule has 1 rings (SSSR count). The number of rotatable bonds is 5. The first-order chi connectivity index (χ1) is 9.06. The fourth-order valence-corrected chi connectivity index (χ4v) is 1.63. The van der Waals surface area contributed by atoms with Gasteiger partial charge in [0.1, 0.15) is 6.61 Å². The Balaban J connectivity index is 2.96. The Labute approximate surface area is 128 Å². The molecule has 3 nitrogen and oxygen atoms in total. The van der Waals surface area contributed by atoms with Crippen molar-refractivity contribution in [3.63, 3.8) is 0 Å². The SMILES string of the molecule is CN(C)C(C)(C)COc1cc(CCl)cc(C(C)(C)C)n1. The molecule has 0 saturated heterocycles.